The van der Waals surface area contributed by atoms with Crippen molar-refractivity contribution in [3.63, 3.8) is 0 Å². The topological polar surface area (TPSA) is 41.3 Å². The Morgan fingerprint density at radius 1 is 1.42 bits per heavy atom. The smallest absolute Gasteiger partial charge is 0.0869 e. The summed E-state index contributed by atoms with van der Waals surface area (Å²) in [7, 11) is 1.99. The van der Waals surface area contributed by atoms with E-state index in [4.69, 9.17) is 0 Å². The summed E-state index contributed by atoms with van der Waals surface area (Å²) in [6.45, 7) is 4.34. The van der Waals surface area contributed by atoms with Crippen LogP contribution in [0.1, 0.15) is 44.0 Å². The van der Waals surface area contributed by atoms with Crippen LogP contribution in [0.2, 0.25) is 0 Å². The summed E-state index contributed by atoms with van der Waals surface area (Å²) in [5, 5.41) is 15.6. The van der Waals surface area contributed by atoms with Crippen molar-refractivity contribution in [3.8, 4) is 0 Å². The van der Waals surface area contributed by atoms with E-state index < -0.39 is 5.60 Å². The van der Waals surface area contributed by atoms with Crippen molar-refractivity contribution in [3.05, 3.63) is 17.5 Å². The quantitative estimate of drug-likeness (QED) is 0.899. The molecule has 0 bridgehead atoms. The molecule has 3 heterocycles. The van der Waals surface area contributed by atoms with Crippen LogP contribution >= 0.6 is 0 Å². The van der Waals surface area contributed by atoms with E-state index in [0.29, 0.717) is 6.04 Å². The molecule has 0 saturated carbocycles. The van der Waals surface area contributed by atoms with Crippen molar-refractivity contribution < 1.29 is 5.11 Å². The minimum Gasteiger partial charge on any atom is -0.388 e. The van der Waals surface area contributed by atoms with Gasteiger partial charge in [0.2, 0.25) is 0 Å². The Morgan fingerprint density at radius 3 is 3.00 bits per heavy atom. The molecule has 0 aromatic carbocycles. The fourth-order valence-electron chi connectivity index (χ4n) is 3.80. The second-order valence-electron chi connectivity index (χ2n) is 6.18. The zero-order valence-corrected chi connectivity index (χ0v) is 12.1. The maximum absolute atomic E-state index is 11.1. The average molecular weight is 263 g/mol. The molecule has 2 aliphatic heterocycles. The maximum atomic E-state index is 11.1. The first-order valence-electron chi connectivity index (χ1n) is 7.60. The van der Waals surface area contributed by atoms with Crippen molar-refractivity contribution in [2.75, 3.05) is 13.1 Å². The van der Waals surface area contributed by atoms with Gasteiger partial charge >= 0.3 is 0 Å². The van der Waals surface area contributed by atoms with Crippen molar-refractivity contribution in [2.24, 2.45) is 7.05 Å². The zero-order chi connectivity index (χ0) is 13.5. The van der Waals surface area contributed by atoms with E-state index in [0.717, 1.165) is 37.9 Å². The number of piperidine rings is 1. The molecular weight excluding hydrogens is 238 g/mol. The third-order valence-electron chi connectivity index (χ3n) is 4.94. The highest BCUT2D eigenvalue weighted by Gasteiger charge is 2.46. The molecule has 0 aliphatic carbocycles. The van der Waals surface area contributed by atoms with Gasteiger partial charge in [-0.25, -0.2) is 0 Å². The molecule has 4 heteroatoms. The molecule has 106 valence electrons. The molecule has 1 aromatic rings. The van der Waals surface area contributed by atoms with Crippen LogP contribution in [-0.2, 0) is 19.9 Å². The van der Waals surface area contributed by atoms with Crippen molar-refractivity contribution >= 4 is 0 Å². The van der Waals surface area contributed by atoms with Crippen LogP contribution in [0.4, 0.5) is 0 Å². The molecule has 2 atom stereocenters. The second-order valence-corrected chi connectivity index (χ2v) is 6.18. The summed E-state index contributed by atoms with van der Waals surface area (Å²) in [6, 6.07) is 2.52. The lowest BCUT2D eigenvalue weighted by Gasteiger charge is -2.37. The third kappa shape index (κ3) is 2.32. The largest absolute Gasteiger partial charge is 0.388 e. The minimum absolute atomic E-state index is 0.362. The lowest BCUT2D eigenvalue weighted by molar-refractivity contribution is -0.0102. The maximum Gasteiger partial charge on any atom is 0.0869 e. The Hall–Kier alpha value is -0.870. The summed E-state index contributed by atoms with van der Waals surface area (Å²) in [6.07, 6.45) is 6.31. The molecule has 2 saturated heterocycles. The molecule has 2 aliphatic rings. The lowest BCUT2D eigenvalue weighted by Crippen LogP contribution is -2.48. The summed E-state index contributed by atoms with van der Waals surface area (Å²) < 4.78 is 1.95. The second kappa shape index (κ2) is 4.91. The van der Waals surface area contributed by atoms with Gasteiger partial charge in [-0.2, -0.15) is 5.10 Å². The molecule has 3 rings (SSSR count). The Morgan fingerprint density at radius 2 is 2.26 bits per heavy atom. The zero-order valence-electron chi connectivity index (χ0n) is 12.1. The highest BCUT2D eigenvalue weighted by molar-refractivity contribution is 5.16. The SMILES string of the molecule is CCc1cc(CC2(O)CCN3CCCCC32)n(C)n1. The summed E-state index contributed by atoms with van der Waals surface area (Å²) in [5.41, 5.74) is 1.76. The normalized spacial score (nSPS) is 31.6. The van der Waals surface area contributed by atoms with Gasteiger partial charge in [0, 0.05) is 31.7 Å². The first-order valence-corrected chi connectivity index (χ1v) is 7.60. The van der Waals surface area contributed by atoms with Gasteiger partial charge < -0.3 is 5.11 Å². The fraction of sp³-hybridized carbons (Fsp3) is 0.800. The van der Waals surface area contributed by atoms with E-state index >= 15 is 0 Å². The van der Waals surface area contributed by atoms with Gasteiger partial charge in [-0.05, 0) is 38.3 Å². The number of aromatic nitrogens is 2. The van der Waals surface area contributed by atoms with Crippen LogP contribution in [0.15, 0.2) is 6.07 Å². The number of aryl methyl sites for hydroxylation is 2. The van der Waals surface area contributed by atoms with Crippen molar-refractivity contribution in [1.29, 1.82) is 0 Å². The van der Waals surface area contributed by atoms with Gasteiger partial charge in [0.25, 0.3) is 0 Å². The van der Waals surface area contributed by atoms with Crippen LogP contribution in [0, 0.1) is 0 Å². The van der Waals surface area contributed by atoms with Gasteiger partial charge in [0.05, 0.1) is 11.3 Å². The number of nitrogens with zero attached hydrogens (tertiary/aromatic N) is 3. The molecule has 0 radical (unpaired) electrons. The number of hydrogen-bond donors (Lipinski definition) is 1. The number of hydrogen-bond acceptors (Lipinski definition) is 3. The van der Waals surface area contributed by atoms with E-state index in [9.17, 15) is 5.11 Å². The van der Waals surface area contributed by atoms with E-state index in [1.54, 1.807) is 0 Å². The van der Waals surface area contributed by atoms with E-state index in [1.165, 1.54) is 25.1 Å². The highest BCUT2D eigenvalue weighted by atomic mass is 16.3. The molecule has 0 spiro atoms. The van der Waals surface area contributed by atoms with Crippen LogP contribution in [-0.4, -0.2) is 44.5 Å². The van der Waals surface area contributed by atoms with E-state index in [-0.39, 0.29) is 0 Å². The predicted octanol–water partition coefficient (Wildman–Crippen LogP) is 1.51. The molecule has 19 heavy (non-hydrogen) atoms. The average Bonchev–Trinajstić information content (AvgIpc) is 2.93. The molecule has 2 unspecified atom stereocenters. The Kier molecular flexibility index (Phi) is 3.39. The van der Waals surface area contributed by atoms with E-state index in [2.05, 4.69) is 23.0 Å². The molecule has 1 N–H and O–H groups in total. The standard InChI is InChI=1S/C15H25N3O/c1-3-12-10-13(17(2)16-12)11-15(19)7-9-18-8-5-4-6-14(15)18/h10,14,19H,3-9,11H2,1-2H3. The number of fused-ring (bicyclic) bond motifs is 1. The molecule has 0 amide bonds. The van der Waals surface area contributed by atoms with Crippen LogP contribution < -0.4 is 0 Å². The number of aliphatic hydroxyl groups is 1. The first kappa shape index (κ1) is 13.1. The monoisotopic (exact) mass is 263 g/mol. The minimum atomic E-state index is -0.542. The van der Waals surface area contributed by atoms with Crippen LogP contribution in [0.3, 0.4) is 0 Å². The summed E-state index contributed by atoms with van der Waals surface area (Å²) in [4.78, 5) is 2.49. The van der Waals surface area contributed by atoms with Gasteiger partial charge in [0.15, 0.2) is 0 Å². The Bertz CT molecular complexity index is 456. The van der Waals surface area contributed by atoms with Gasteiger partial charge in [-0.15, -0.1) is 0 Å². The fourth-order valence-corrected chi connectivity index (χ4v) is 3.80. The van der Waals surface area contributed by atoms with Crippen LogP contribution in [0.5, 0.6) is 0 Å². The van der Waals surface area contributed by atoms with Crippen LogP contribution in [0.25, 0.3) is 0 Å². The van der Waals surface area contributed by atoms with Crippen molar-refractivity contribution in [2.45, 2.75) is 57.1 Å². The lowest BCUT2D eigenvalue weighted by atomic mass is 9.85. The highest BCUT2D eigenvalue weighted by Crippen LogP contribution is 2.37. The molecule has 2 fully saturated rings. The van der Waals surface area contributed by atoms with Gasteiger partial charge in [0.1, 0.15) is 0 Å². The Balaban J connectivity index is 1.79. The van der Waals surface area contributed by atoms with Crippen molar-refractivity contribution in [1.82, 2.24) is 14.7 Å². The predicted molar refractivity (Wildman–Crippen MR) is 75.1 cm³/mol. The number of rotatable bonds is 3. The summed E-state index contributed by atoms with van der Waals surface area (Å²) in [5.74, 6) is 0. The van der Waals surface area contributed by atoms with Gasteiger partial charge in [-0.1, -0.05) is 13.3 Å². The first-order chi connectivity index (χ1) is 9.12. The molecular formula is C15H25N3O. The summed E-state index contributed by atoms with van der Waals surface area (Å²) >= 11 is 0. The van der Waals surface area contributed by atoms with E-state index in [1.807, 2.05) is 11.7 Å². The molecule has 1 aromatic heterocycles. The Labute approximate surface area is 115 Å². The van der Waals surface area contributed by atoms with Gasteiger partial charge in [-0.3, -0.25) is 9.58 Å². The third-order valence-corrected chi connectivity index (χ3v) is 4.94. The molecule has 4 nitrogen and oxygen atoms in total.